The van der Waals surface area contributed by atoms with Crippen LogP contribution in [-0.2, 0) is 19.2 Å². The molecule has 1 N–H and O–H groups in total. The molecule has 11 heteroatoms. The van der Waals surface area contributed by atoms with Crippen LogP contribution in [0.25, 0.3) is 0 Å². The third kappa shape index (κ3) is 3.96. The lowest BCUT2D eigenvalue weighted by Gasteiger charge is -2.50. The van der Waals surface area contributed by atoms with E-state index in [1.54, 1.807) is 61.5 Å². The number of imide groups is 2. The van der Waals surface area contributed by atoms with E-state index in [1.807, 2.05) is 0 Å². The summed E-state index contributed by atoms with van der Waals surface area (Å²) in [6, 6.07) is 18.2. The summed E-state index contributed by atoms with van der Waals surface area (Å²) in [5.74, 6) is -6.77. The predicted octanol–water partition coefficient (Wildman–Crippen LogP) is 5.70. The van der Waals surface area contributed by atoms with Gasteiger partial charge in [0.25, 0.3) is 11.8 Å². The number of ether oxygens (including phenoxy) is 1. The quantitative estimate of drug-likeness (QED) is 0.216. The number of aromatic hydroxyl groups is 1. The number of phenols is 1. The minimum Gasteiger partial charge on any atom is -0.504 e. The first kappa shape index (κ1) is 29.5. The van der Waals surface area contributed by atoms with Crippen molar-refractivity contribution >= 4 is 58.2 Å². The summed E-state index contributed by atoms with van der Waals surface area (Å²) in [6.45, 7) is 1.99. The molecule has 3 aromatic rings. The van der Waals surface area contributed by atoms with Gasteiger partial charge in [-0.1, -0.05) is 42.0 Å². The topological polar surface area (TPSA) is 104 Å². The average Bonchev–Trinajstić information content (AvgIpc) is 3.37. The Balaban J connectivity index is 1.42. The van der Waals surface area contributed by atoms with Crippen LogP contribution in [0.5, 0.6) is 11.5 Å². The zero-order chi connectivity index (χ0) is 31.8. The molecule has 2 aliphatic heterocycles. The number of halogens is 3. The van der Waals surface area contributed by atoms with Gasteiger partial charge < -0.3 is 9.84 Å². The van der Waals surface area contributed by atoms with Crippen LogP contribution in [0.1, 0.15) is 31.2 Å². The number of hydrogen-bond donors (Lipinski definition) is 1. The van der Waals surface area contributed by atoms with Crippen molar-refractivity contribution < 1.29 is 33.4 Å². The van der Waals surface area contributed by atoms with Gasteiger partial charge in [0.1, 0.15) is 5.82 Å². The lowest BCUT2D eigenvalue weighted by Crippen LogP contribution is -2.60. The Morgan fingerprint density at radius 1 is 0.867 bits per heavy atom. The molecule has 7 rings (SSSR count). The number of carbonyl (C=O) groups excluding carboxylic acids is 4. The summed E-state index contributed by atoms with van der Waals surface area (Å²) in [6.07, 6.45) is 1.75. The van der Waals surface area contributed by atoms with Gasteiger partial charge in [0.2, 0.25) is 11.8 Å². The van der Waals surface area contributed by atoms with Crippen molar-refractivity contribution in [3.63, 3.8) is 0 Å². The fourth-order valence-electron chi connectivity index (χ4n) is 7.62. The molecule has 0 bridgehead atoms. The highest BCUT2D eigenvalue weighted by Gasteiger charge is 2.77. The molecule has 3 aromatic carbocycles. The molecular weight excluding hydrogens is 622 g/mol. The summed E-state index contributed by atoms with van der Waals surface area (Å²) >= 11 is 14.7. The van der Waals surface area contributed by atoms with Crippen LogP contribution in [0, 0.1) is 23.6 Å². The van der Waals surface area contributed by atoms with Gasteiger partial charge in [-0.3, -0.25) is 24.1 Å². The Labute approximate surface area is 268 Å². The molecule has 0 aromatic heterocycles. The van der Waals surface area contributed by atoms with Gasteiger partial charge in [0.15, 0.2) is 21.2 Å². The number of carbonyl (C=O) groups is 4. The highest BCUT2D eigenvalue weighted by molar-refractivity contribution is 6.58. The second-order valence-electron chi connectivity index (χ2n) is 11.7. The van der Waals surface area contributed by atoms with Crippen molar-refractivity contribution in [3.05, 3.63) is 95.8 Å². The number of phenolic OH excluding ortho intramolecular Hbond substituents is 1. The summed E-state index contributed by atoms with van der Waals surface area (Å²) in [7, 11) is 0. The number of anilines is 2. The van der Waals surface area contributed by atoms with Gasteiger partial charge >= 0.3 is 0 Å². The molecule has 230 valence electrons. The van der Waals surface area contributed by atoms with Gasteiger partial charge in [0.05, 0.1) is 29.8 Å². The summed E-state index contributed by atoms with van der Waals surface area (Å²) in [5.41, 5.74) is 1.22. The normalized spacial score (nSPS) is 30.6. The van der Waals surface area contributed by atoms with Crippen LogP contribution >= 0.6 is 23.2 Å². The Kier molecular flexibility index (Phi) is 6.83. The molecule has 1 saturated carbocycles. The maximum Gasteiger partial charge on any atom is 0.258 e. The van der Waals surface area contributed by atoms with Gasteiger partial charge in [-0.25, -0.2) is 9.29 Å². The molecule has 2 heterocycles. The largest absolute Gasteiger partial charge is 0.504 e. The van der Waals surface area contributed by atoms with Crippen molar-refractivity contribution in [2.45, 2.75) is 35.4 Å². The van der Waals surface area contributed by atoms with Crippen LogP contribution < -0.4 is 14.5 Å². The molecule has 2 aliphatic carbocycles. The molecule has 6 atom stereocenters. The highest BCUT2D eigenvalue weighted by atomic mass is 35.5. The third-order valence-electron chi connectivity index (χ3n) is 9.55. The van der Waals surface area contributed by atoms with Crippen LogP contribution in [-0.4, -0.2) is 45.1 Å². The fraction of sp³-hybridized carbons (Fsp3) is 0.294. The Hall–Kier alpha value is -4.21. The second-order valence-corrected chi connectivity index (χ2v) is 13.0. The number of benzene rings is 3. The summed E-state index contributed by atoms with van der Waals surface area (Å²) in [4.78, 5) is 54.3. The van der Waals surface area contributed by atoms with Gasteiger partial charge in [-0.2, -0.15) is 0 Å². The van der Waals surface area contributed by atoms with Crippen LogP contribution in [0.15, 0.2) is 84.4 Å². The number of allylic oxidation sites excluding steroid dienone is 2. The van der Waals surface area contributed by atoms with E-state index < -0.39 is 57.0 Å². The molecule has 45 heavy (non-hydrogen) atoms. The molecule has 8 nitrogen and oxygen atoms in total. The fourth-order valence-corrected chi connectivity index (χ4v) is 8.55. The first-order valence-corrected chi connectivity index (χ1v) is 15.4. The van der Waals surface area contributed by atoms with E-state index in [0.717, 1.165) is 17.0 Å². The zero-order valence-electron chi connectivity index (χ0n) is 24.0. The van der Waals surface area contributed by atoms with Gasteiger partial charge in [-0.15, -0.1) is 23.2 Å². The Bertz CT molecular complexity index is 1800. The standard InChI is InChI=1S/C34H27Cl2FN2O6/c1-2-45-25-10-6-9-23(28(25)40)27-21-15-16-22-26(30(42)38(29(22)41)19-7-4-3-5-8-19)24(21)17-33(35)31(43)39(32(44)34(27,33)36)20-13-11-18(37)12-14-20/h3-15,22,24,26-27,40H,2,16-17H2,1H3. The first-order valence-electron chi connectivity index (χ1n) is 14.6. The third-order valence-corrected chi connectivity index (χ3v) is 11.0. The van der Waals surface area contributed by atoms with Crippen molar-refractivity contribution in [2.75, 3.05) is 16.4 Å². The smallest absolute Gasteiger partial charge is 0.258 e. The van der Waals surface area contributed by atoms with E-state index in [9.17, 15) is 28.7 Å². The molecule has 3 fully saturated rings. The maximum absolute atomic E-state index is 14.4. The van der Waals surface area contributed by atoms with Crippen molar-refractivity contribution in [1.29, 1.82) is 0 Å². The number of alkyl halides is 2. The summed E-state index contributed by atoms with van der Waals surface area (Å²) in [5, 5.41) is 11.5. The maximum atomic E-state index is 14.4. The van der Waals surface area contributed by atoms with Crippen molar-refractivity contribution in [1.82, 2.24) is 0 Å². The molecule has 4 amide bonds. The minimum atomic E-state index is -2.16. The van der Waals surface area contributed by atoms with Gasteiger partial charge in [-0.05, 0) is 68.1 Å². The monoisotopic (exact) mass is 648 g/mol. The lowest BCUT2D eigenvalue weighted by molar-refractivity contribution is -0.125. The summed E-state index contributed by atoms with van der Waals surface area (Å²) < 4.78 is 19.5. The average molecular weight is 650 g/mol. The Morgan fingerprint density at radius 2 is 1.56 bits per heavy atom. The predicted molar refractivity (Wildman–Crippen MR) is 165 cm³/mol. The van der Waals surface area contributed by atoms with Crippen LogP contribution in [0.2, 0.25) is 0 Å². The number of rotatable bonds is 5. The van der Waals surface area contributed by atoms with E-state index in [1.165, 1.54) is 17.0 Å². The molecule has 6 unspecified atom stereocenters. The minimum absolute atomic E-state index is 0.0732. The molecule has 4 aliphatic rings. The van der Waals surface area contributed by atoms with Gasteiger partial charge in [0, 0.05) is 11.5 Å². The lowest BCUT2D eigenvalue weighted by atomic mass is 9.56. The number of para-hydroxylation sites is 2. The number of hydrogen-bond acceptors (Lipinski definition) is 6. The Morgan fingerprint density at radius 3 is 2.24 bits per heavy atom. The van der Waals surface area contributed by atoms with E-state index >= 15 is 0 Å². The number of fused-ring (bicyclic) bond motifs is 4. The van der Waals surface area contributed by atoms with Crippen LogP contribution in [0.4, 0.5) is 15.8 Å². The number of nitrogens with zero attached hydrogens (tertiary/aromatic N) is 2. The zero-order valence-corrected chi connectivity index (χ0v) is 25.5. The second kappa shape index (κ2) is 10.4. The molecule has 2 saturated heterocycles. The van der Waals surface area contributed by atoms with Crippen LogP contribution in [0.3, 0.4) is 0 Å². The van der Waals surface area contributed by atoms with Crippen molar-refractivity contribution in [2.24, 2.45) is 17.8 Å². The first-order chi connectivity index (χ1) is 21.5. The van der Waals surface area contributed by atoms with E-state index in [-0.39, 0.29) is 48.1 Å². The van der Waals surface area contributed by atoms with E-state index in [4.69, 9.17) is 27.9 Å². The highest BCUT2D eigenvalue weighted by Crippen LogP contribution is 2.66. The van der Waals surface area contributed by atoms with E-state index in [2.05, 4.69) is 0 Å². The number of amides is 4. The molecular formula is C34H27Cl2FN2O6. The SMILES string of the molecule is CCOc1cccc(C2C3=CCC4C(=O)N(c5ccccc5)C(=O)C4C3CC3(Cl)C(=O)N(c4ccc(F)cc4)C(=O)C23Cl)c1O. The molecule has 0 radical (unpaired) electrons. The van der Waals surface area contributed by atoms with Crippen molar-refractivity contribution in [3.8, 4) is 11.5 Å². The molecule has 0 spiro atoms. The van der Waals surface area contributed by atoms with E-state index in [0.29, 0.717) is 11.3 Å².